The molecule has 1 unspecified atom stereocenters. The molecule has 0 saturated carbocycles. The molecule has 1 aliphatic heterocycles. The lowest BCUT2D eigenvalue weighted by molar-refractivity contribution is -0.137. The van der Waals surface area contributed by atoms with Gasteiger partial charge in [0.1, 0.15) is 5.75 Å². The number of ether oxygens (including phenoxy) is 1. The molecule has 1 heterocycles. The van der Waals surface area contributed by atoms with E-state index in [-0.39, 0.29) is 11.3 Å². The molecule has 2 N–H and O–H groups in total. The lowest BCUT2D eigenvalue weighted by atomic mass is 10.1. The summed E-state index contributed by atoms with van der Waals surface area (Å²) in [6.07, 6.45) is 1.66. The summed E-state index contributed by atoms with van der Waals surface area (Å²) in [6, 6.07) is 4.12. The summed E-state index contributed by atoms with van der Waals surface area (Å²) in [4.78, 5) is 11.0. The topological polar surface area (TPSA) is 92.7 Å². The molecule has 6 nitrogen and oxygen atoms in total. The molecule has 0 aromatic heterocycles. The second-order valence-corrected chi connectivity index (χ2v) is 6.79. The fourth-order valence-corrected chi connectivity index (χ4v) is 3.70. The zero-order chi connectivity index (χ0) is 15.5. The first-order valence-electron chi connectivity index (χ1n) is 6.92. The Bertz CT molecular complexity index is 626. The van der Waals surface area contributed by atoms with Crippen molar-refractivity contribution < 1.29 is 23.1 Å². The molecule has 2 rings (SSSR count). The predicted octanol–water partition coefficient (Wildman–Crippen LogP) is 1.54. The van der Waals surface area contributed by atoms with E-state index in [1.807, 2.05) is 6.92 Å². The molecule has 116 valence electrons. The van der Waals surface area contributed by atoms with Crippen LogP contribution in [0.3, 0.4) is 0 Å². The van der Waals surface area contributed by atoms with Gasteiger partial charge in [-0.3, -0.25) is 4.79 Å². The lowest BCUT2D eigenvalue weighted by Crippen LogP contribution is -2.36. The monoisotopic (exact) mass is 313 g/mol. The fraction of sp³-hybridized carbons (Fsp3) is 0.500. The summed E-state index contributed by atoms with van der Waals surface area (Å²) in [5.74, 6) is -0.303. The Morgan fingerprint density at radius 3 is 2.90 bits per heavy atom. The molecule has 0 radical (unpaired) electrons. The Kier molecular flexibility index (Phi) is 4.84. The van der Waals surface area contributed by atoms with Crippen molar-refractivity contribution in [3.05, 3.63) is 23.8 Å². The molecule has 1 aromatic carbocycles. The van der Waals surface area contributed by atoms with Gasteiger partial charge in [0.15, 0.2) is 0 Å². The van der Waals surface area contributed by atoms with Gasteiger partial charge in [-0.2, -0.15) is 0 Å². The van der Waals surface area contributed by atoms with Crippen LogP contribution in [0.25, 0.3) is 0 Å². The maximum atomic E-state index is 12.4. The highest BCUT2D eigenvalue weighted by atomic mass is 32.2. The summed E-state index contributed by atoms with van der Waals surface area (Å²) in [6.45, 7) is 2.44. The molecule has 0 saturated heterocycles. The Morgan fingerprint density at radius 2 is 2.24 bits per heavy atom. The zero-order valence-corrected chi connectivity index (χ0v) is 12.6. The summed E-state index contributed by atoms with van der Waals surface area (Å²) < 4.78 is 32.5. The molecule has 21 heavy (non-hydrogen) atoms. The molecule has 1 atom stereocenters. The van der Waals surface area contributed by atoms with Crippen LogP contribution in [0.2, 0.25) is 0 Å². The molecular formula is C14H19NO5S. The van der Waals surface area contributed by atoms with E-state index in [0.717, 1.165) is 5.56 Å². The number of hydrogen-bond donors (Lipinski definition) is 2. The smallest absolute Gasteiger partial charge is 0.304 e. The molecule has 0 amide bonds. The number of carboxylic acids is 1. The molecule has 1 aromatic rings. The normalized spacial score (nSPS) is 15.3. The van der Waals surface area contributed by atoms with Crippen molar-refractivity contribution in [3.8, 4) is 5.75 Å². The van der Waals surface area contributed by atoms with Gasteiger partial charge >= 0.3 is 5.97 Å². The van der Waals surface area contributed by atoms with Gasteiger partial charge in [0.05, 0.1) is 17.9 Å². The maximum absolute atomic E-state index is 12.4. The van der Waals surface area contributed by atoms with E-state index in [2.05, 4.69) is 4.72 Å². The highest BCUT2D eigenvalue weighted by Gasteiger charge is 2.23. The van der Waals surface area contributed by atoms with Gasteiger partial charge in [0.2, 0.25) is 10.0 Å². The number of sulfonamides is 1. The minimum Gasteiger partial charge on any atom is -0.493 e. The van der Waals surface area contributed by atoms with Crippen LogP contribution in [-0.2, 0) is 21.2 Å². The van der Waals surface area contributed by atoms with Gasteiger partial charge in [0, 0.05) is 12.5 Å². The number of aliphatic carboxylic acids is 1. The van der Waals surface area contributed by atoms with Crippen molar-refractivity contribution in [3.63, 3.8) is 0 Å². The third-order valence-electron chi connectivity index (χ3n) is 3.35. The van der Waals surface area contributed by atoms with Crippen molar-refractivity contribution >= 4 is 16.0 Å². The third kappa shape index (κ3) is 3.95. The first kappa shape index (κ1) is 15.8. The maximum Gasteiger partial charge on any atom is 0.304 e. The number of rotatable bonds is 7. The van der Waals surface area contributed by atoms with E-state index in [1.165, 1.54) is 6.07 Å². The van der Waals surface area contributed by atoms with E-state index in [1.54, 1.807) is 12.1 Å². The van der Waals surface area contributed by atoms with Crippen LogP contribution in [0.1, 0.15) is 31.7 Å². The number of fused-ring (bicyclic) bond motifs is 1. The van der Waals surface area contributed by atoms with Crippen LogP contribution in [0.5, 0.6) is 5.75 Å². The first-order valence-corrected chi connectivity index (χ1v) is 8.40. The summed E-state index contributed by atoms with van der Waals surface area (Å²) in [7, 11) is -3.72. The van der Waals surface area contributed by atoms with Gasteiger partial charge in [-0.05, 0) is 30.2 Å². The average Bonchev–Trinajstić information content (AvgIpc) is 2.84. The van der Waals surface area contributed by atoms with E-state index in [9.17, 15) is 13.2 Å². The van der Waals surface area contributed by atoms with Gasteiger partial charge in [-0.25, -0.2) is 13.1 Å². The van der Waals surface area contributed by atoms with Crippen LogP contribution >= 0.6 is 0 Å². The van der Waals surface area contributed by atoms with Crippen LogP contribution in [0.4, 0.5) is 0 Å². The Hall–Kier alpha value is -1.60. The van der Waals surface area contributed by atoms with Gasteiger partial charge in [0.25, 0.3) is 0 Å². The minimum absolute atomic E-state index is 0.151. The van der Waals surface area contributed by atoms with E-state index in [0.29, 0.717) is 31.6 Å². The van der Waals surface area contributed by atoms with E-state index >= 15 is 0 Å². The highest BCUT2D eigenvalue weighted by molar-refractivity contribution is 7.89. The van der Waals surface area contributed by atoms with Gasteiger partial charge in [-0.1, -0.05) is 13.3 Å². The molecule has 0 aliphatic carbocycles. The van der Waals surface area contributed by atoms with Crippen LogP contribution in [0.15, 0.2) is 23.1 Å². The SMILES string of the molecule is CCCC(CC(=O)O)NS(=O)(=O)c1ccc2c(c1)CCO2. The molecule has 7 heteroatoms. The zero-order valence-electron chi connectivity index (χ0n) is 11.8. The average molecular weight is 313 g/mol. The quantitative estimate of drug-likeness (QED) is 0.796. The lowest BCUT2D eigenvalue weighted by Gasteiger charge is -2.16. The fourth-order valence-electron chi connectivity index (χ4n) is 2.38. The van der Waals surface area contributed by atoms with E-state index < -0.39 is 22.0 Å². The van der Waals surface area contributed by atoms with Crippen molar-refractivity contribution in [1.29, 1.82) is 0 Å². The van der Waals surface area contributed by atoms with Crippen molar-refractivity contribution in [1.82, 2.24) is 4.72 Å². The standard InChI is InChI=1S/C14H19NO5S/c1-2-3-11(9-14(16)17)15-21(18,19)12-4-5-13-10(8-12)6-7-20-13/h4-5,8,11,15H,2-3,6-7,9H2,1H3,(H,16,17). The summed E-state index contributed by atoms with van der Waals surface area (Å²) in [5.41, 5.74) is 0.864. The van der Waals surface area contributed by atoms with Crippen molar-refractivity contribution in [2.24, 2.45) is 0 Å². The highest BCUT2D eigenvalue weighted by Crippen LogP contribution is 2.27. The number of benzene rings is 1. The largest absolute Gasteiger partial charge is 0.493 e. The number of nitrogens with one attached hydrogen (secondary N) is 1. The molecule has 0 bridgehead atoms. The van der Waals surface area contributed by atoms with Crippen molar-refractivity contribution in [2.45, 2.75) is 43.5 Å². The van der Waals surface area contributed by atoms with Crippen LogP contribution < -0.4 is 9.46 Å². The summed E-state index contributed by atoms with van der Waals surface area (Å²) >= 11 is 0. The second kappa shape index (κ2) is 6.44. The minimum atomic E-state index is -3.72. The Balaban J connectivity index is 2.18. The van der Waals surface area contributed by atoms with Gasteiger partial charge < -0.3 is 9.84 Å². The molecular weight excluding hydrogens is 294 g/mol. The number of carboxylic acid groups (broad SMARTS) is 1. The van der Waals surface area contributed by atoms with Crippen molar-refractivity contribution in [2.75, 3.05) is 6.61 Å². The molecule has 0 fully saturated rings. The van der Waals surface area contributed by atoms with Crippen LogP contribution in [-0.4, -0.2) is 32.1 Å². The summed E-state index contributed by atoms with van der Waals surface area (Å²) in [5, 5.41) is 8.85. The third-order valence-corrected chi connectivity index (χ3v) is 4.87. The molecule has 1 aliphatic rings. The predicted molar refractivity (Wildman–Crippen MR) is 76.9 cm³/mol. The van der Waals surface area contributed by atoms with Gasteiger partial charge in [-0.15, -0.1) is 0 Å². The number of hydrogen-bond acceptors (Lipinski definition) is 4. The Morgan fingerprint density at radius 1 is 1.48 bits per heavy atom. The molecule has 0 spiro atoms. The van der Waals surface area contributed by atoms with E-state index in [4.69, 9.17) is 9.84 Å². The Labute approximate surface area is 124 Å². The number of carbonyl (C=O) groups is 1. The first-order chi connectivity index (χ1) is 9.92. The second-order valence-electron chi connectivity index (χ2n) is 5.07. The van der Waals surface area contributed by atoms with Crippen LogP contribution in [0, 0.1) is 0 Å².